The maximum Gasteiger partial charge on any atom is 0.0488 e. The molecular formula is C12H14N2. The molecule has 0 saturated carbocycles. The fourth-order valence-electron chi connectivity index (χ4n) is 2.19. The van der Waals surface area contributed by atoms with E-state index in [1.807, 2.05) is 0 Å². The maximum absolute atomic E-state index is 3.50. The average molecular weight is 186 g/mol. The SMILES string of the molecule is Cc1c([C@H]2CCN2)[nH]c2ccccc12. The fraction of sp³-hybridized carbons (Fsp3) is 0.333. The highest BCUT2D eigenvalue weighted by Crippen LogP contribution is 2.30. The number of rotatable bonds is 1. The molecule has 1 aliphatic rings. The molecule has 2 aromatic rings. The number of para-hydroxylation sites is 1. The van der Waals surface area contributed by atoms with Gasteiger partial charge in [-0.3, -0.25) is 0 Å². The molecule has 1 aromatic heterocycles. The highest BCUT2D eigenvalue weighted by Gasteiger charge is 2.22. The van der Waals surface area contributed by atoms with Crippen LogP contribution in [0.2, 0.25) is 0 Å². The van der Waals surface area contributed by atoms with Crippen molar-refractivity contribution in [3.8, 4) is 0 Å². The number of hydrogen-bond acceptors (Lipinski definition) is 1. The van der Waals surface area contributed by atoms with Gasteiger partial charge in [0.15, 0.2) is 0 Å². The van der Waals surface area contributed by atoms with Gasteiger partial charge in [-0.25, -0.2) is 0 Å². The van der Waals surface area contributed by atoms with E-state index in [4.69, 9.17) is 0 Å². The summed E-state index contributed by atoms with van der Waals surface area (Å²) in [6.45, 7) is 3.35. The van der Waals surface area contributed by atoms with E-state index in [2.05, 4.69) is 41.5 Å². The molecule has 2 N–H and O–H groups in total. The van der Waals surface area contributed by atoms with Gasteiger partial charge >= 0.3 is 0 Å². The lowest BCUT2D eigenvalue weighted by atomic mass is 10.00. The predicted molar refractivity (Wildman–Crippen MR) is 58.4 cm³/mol. The van der Waals surface area contributed by atoms with Crippen LogP contribution in [0.15, 0.2) is 24.3 Å². The Morgan fingerprint density at radius 1 is 1.29 bits per heavy atom. The number of aromatic amines is 1. The molecule has 0 unspecified atom stereocenters. The third-order valence-electron chi connectivity index (χ3n) is 3.18. The van der Waals surface area contributed by atoms with Crippen molar-refractivity contribution in [1.29, 1.82) is 0 Å². The Bertz CT molecular complexity index is 466. The van der Waals surface area contributed by atoms with Gasteiger partial charge in [-0.15, -0.1) is 0 Å². The van der Waals surface area contributed by atoms with Crippen molar-refractivity contribution in [2.75, 3.05) is 6.54 Å². The van der Waals surface area contributed by atoms with Crippen molar-refractivity contribution < 1.29 is 0 Å². The van der Waals surface area contributed by atoms with Crippen molar-refractivity contribution in [3.05, 3.63) is 35.5 Å². The van der Waals surface area contributed by atoms with Crippen LogP contribution in [0.1, 0.15) is 23.7 Å². The zero-order valence-electron chi connectivity index (χ0n) is 8.30. The molecule has 3 rings (SSSR count). The largest absolute Gasteiger partial charge is 0.357 e. The second kappa shape index (κ2) is 2.85. The first-order chi connectivity index (χ1) is 6.86. The van der Waals surface area contributed by atoms with Gasteiger partial charge in [0.05, 0.1) is 0 Å². The van der Waals surface area contributed by atoms with Crippen molar-refractivity contribution in [2.24, 2.45) is 0 Å². The maximum atomic E-state index is 3.50. The molecule has 72 valence electrons. The van der Waals surface area contributed by atoms with Gasteiger partial charge in [0.2, 0.25) is 0 Å². The number of H-pyrrole nitrogens is 1. The Balaban J connectivity index is 2.19. The topological polar surface area (TPSA) is 27.8 Å². The van der Waals surface area contributed by atoms with E-state index in [1.54, 1.807) is 0 Å². The number of fused-ring (bicyclic) bond motifs is 1. The number of hydrogen-bond donors (Lipinski definition) is 2. The Morgan fingerprint density at radius 2 is 2.07 bits per heavy atom. The van der Waals surface area contributed by atoms with Crippen molar-refractivity contribution >= 4 is 10.9 Å². The number of aromatic nitrogens is 1. The predicted octanol–water partition coefficient (Wildman–Crippen LogP) is 2.51. The van der Waals surface area contributed by atoms with E-state index in [9.17, 15) is 0 Å². The van der Waals surface area contributed by atoms with E-state index < -0.39 is 0 Å². The molecule has 0 radical (unpaired) electrons. The van der Waals surface area contributed by atoms with Crippen molar-refractivity contribution in [2.45, 2.75) is 19.4 Å². The third kappa shape index (κ3) is 1.01. The lowest BCUT2D eigenvalue weighted by Crippen LogP contribution is -2.35. The summed E-state index contributed by atoms with van der Waals surface area (Å²) in [5.41, 5.74) is 4.03. The molecule has 1 aromatic carbocycles. The molecule has 2 nitrogen and oxygen atoms in total. The normalized spacial score (nSPS) is 21.1. The number of nitrogens with one attached hydrogen (secondary N) is 2. The first kappa shape index (κ1) is 8.06. The molecule has 0 amide bonds. The van der Waals surface area contributed by atoms with Crippen LogP contribution in [0.25, 0.3) is 10.9 Å². The molecule has 2 heteroatoms. The lowest BCUT2D eigenvalue weighted by molar-refractivity contribution is 0.375. The smallest absolute Gasteiger partial charge is 0.0488 e. The Kier molecular flexibility index (Phi) is 1.64. The molecule has 1 aliphatic heterocycles. The van der Waals surface area contributed by atoms with Gasteiger partial charge < -0.3 is 10.3 Å². The van der Waals surface area contributed by atoms with Gasteiger partial charge in [-0.1, -0.05) is 18.2 Å². The lowest BCUT2D eigenvalue weighted by Gasteiger charge is -2.27. The molecule has 0 aliphatic carbocycles. The van der Waals surface area contributed by atoms with Crippen molar-refractivity contribution in [3.63, 3.8) is 0 Å². The van der Waals surface area contributed by atoms with Gasteiger partial charge in [0.1, 0.15) is 0 Å². The molecule has 14 heavy (non-hydrogen) atoms. The number of aryl methyl sites for hydroxylation is 1. The van der Waals surface area contributed by atoms with E-state index in [-0.39, 0.29) is 0 Å². The summed E-state index contributed by atoms with van der Waals surface area (Å²) in [7, 11) is 0. The van der Waals surface area contributed by atoms with Gasteiger partial charge in [0, 0.05) is 22.6 Å². The molecule has 1 fully saturated rings. The molecule has 0 bridgehead atoms. The molecular weight excluding hydrogens is 172 g/mol. The second-order valence-corrected chi connectivity index (χ2v) is 4.00. The summed E-state index contributed by atoms with van der Waals surface area (Å²) in [5, 5.41) is 4.79. The van der Waals surface area contributed by atoms with Crippen LogP contribution >= 0.6 is 0 Å². The summed E-state index contributed by atoms with van der Waals surface area (Å²) < 4.78 is 0. The fourth-order valence-corrected chi connectivity index (χ4v) is 2.19. The van der Waals surface area contributed by atoms with Crippen LogP contribution < -0.4 is 5.32 Å². The summed E-state index contributed by atoms with van der Waals surface area (Å²) in [4.78, 5) is 3.50. The first-order valence-electron chi connectivity index (χ1n) is 5.17. The molecule has 1 atom stereocenters. The quantitative estimate of drug-likeness (QED) is 0.703. The van der Waals surface area contributed by atoms with Crippen molar-refractivity contribution in [1.82, 2.24) is 10.3 Å². The van der Waals surface area contributed by atoms with Crippen LogP contribution in [0, 0.1) is 6.92 Å². The Labute approximate surface area is 83.3 Å². The van der Waals surface area contributed by atoms with E-state index >= 15 is 0 Å². The Morgan fingerprint density at radius 3 is 2.71 bits per heavy atom. The van der Waals surface area contributed by atoms with Crippen LogP contribution in [-0.2, 0) is 0 Å². The third-order valence-corrected chi connectivity index (χ3v) is 3.18. The van der Waals surface area contributed by atoms with Crippen LogP contribution in [-0.4, -0.2) is 11.5 Å². The molecule has 1 saturated heterocycles. The monoisotopic (exact) mass is 186 g/mol. The van der Waals surface area contributed by atoms with Crippen LogP contribution in [0.4, 0.5) is 0 Å². The average Bonchev–Trinajstić information content (AvgIpc) is 2.43. The van der Waals surface area contributed by atoms with Crippen LogP contribution in [0.3, 0.4) is 0 Å². The number of benzene rings is 1. The van der Waals surface area contributed by atoms with Gasteiger partial charge in [0.25, 0.3) is 0 Å². The second-order valence-electron chi connectivity index (χ2n) is 4.00. The summed E-state index contributed by atoms with van der Waals surface area (Å²) in [5.74, 6) is 0. The van der Waals surface area contributed by atoms with Gasteiger partial charge in [-0.2, -0.15) is 0 Å². The summed E-state index contributed by atoms with van der Waals surface area (Å²) >= 11 is 0. The summed E-state index contributed by atoms with van der Waals surface area (Å²) in [6.07, 6.45) is 1.26. The zero-order chi connectivity index (χ0) is 9.54. The van der Waals surface area contributed by atoms with E-state index in [0.717, 1.165) is 6.54 Å². The summed E-state index contributed by atoms with van der Waals surface area (Å²) in [6, 6.07) is 9.06. The zero-order valence-corrected chi connectivity index (χ0v) is 8.30. The first-order valence-corrected chi connectivity index (χ1v) is 5.17. The van der Waals surface area contributed by atoms with E-state index in [1.165, 1.54) is 28.6 Å². The molecule has 2 heterocycles. The molecule has 0 spiro atoms. The minimum Gasteiger partial charge on any atom is -0.357 e. The minimum absolute atomic E-state index is 0.558. The highest BCUT2D eigenvalue weighted by molar-refractivity contribution is 5.84. The highest BCUT2D eigenvalue weighted by atomic mass is 15.0. The van der Waals surface area contributed by atoms with E-state index in [0.29, 0.717) is 6.04 Å². The standard InChI is InChI=1S/C12H14N2/c1-8-9-4-2-3-5-10(9)14-12(8)11-6-7-13-11/h2-5,11,13-14H,6-7H2,1H3/t11-/m1/s1. The van der Waals surface area contributed by atoms with Crippen LogP contribution in [0.5, 0.6) is 0 Å². The Hall–Kier alpha value is -1.28. The minimum atomic E-state index is 0.558. The van der Waals surface area contributed by atoms with Gasteiger partial charge in [-0.05, 0) is 31.5 Å².